The summed E-state index contributed by atoms with van der Waals surface area (Å²) in [4.78, 5) is 15.6. The smallest absolute Gasteiger partial charge is 0.293 e. The summed E-state index contributed by atoms with van der Waals surface area (Å²) in [5.41, 5.74) is -1.13. The number of nitrogens with zero attached hydrogens (tertiary/aromatic N) is 2. The van der Waals surface area contributed by atoms with E-state index in [2.05, 4.69) is 10.3 Å². The molecule has 1 saturated heterocycles. The van der Waals surface area contributed by atoms with Crippen molar-refractivity contribution in [3.63, 3.8) is 0 Å². The van der Waals surface area contributed by atoms with E-state index in [-0.39, 0.29) is 24.0 Å². The Morgan fingerprint density at radius 2 is 2.53 bits per heavy atom. The molecule has 94 valence electrons. The molecule has 0 radical (unpaired) electrons. The molecule has 1 aromatic rings. The Balaban J connectivity index is 2.08. The largest absolute Gasteiger partial charge is 0.385 e. The molecular weight excluding hydrogens is 222 g/mol. The Bertz CT molecular complexity index is 460. The van der Waals surface area contributed by atoms with Crippen LogP contribution in [0.25, 0.3) is 0 Å². The van der Waals surface area contributed by atoms with Crippen molar-refractivity contribution < 1.29 is 9.84 Å². The van der Waals surface area contributed by atoms with Crippen LogP contribution in [0.15, 0.2) is 17.2 Å². The molecule has 1 aliphatic rings. The number of anilines is 1. The molecule has 0 amide bonds. The normalized spacial score (nSPS) is 28.3. The van der Waals surface area contributed by atoms with Gasteiger partial charge in [0, 0.05) is 39.0 Å². The van der Waals surface area contributed by atoms with E-state index in [1.165, 1.54) is 4.57 Å². The minimum absolute atomic E-state index is 0.206. The van der Waals surface area contributed by atoms with Gasteiger partial charge in [-0.05, 0) is 6.92 Å². The molecule has 0 aromatic carbocycles. The average Bonchev–Trinajstić information content (AvgIpc) is 2.62. The van der Waals surface area contributed by atoms with Gasteiger partial charge in [0.05, 0.1) is 6.10 Å². The molecule has 0 saturated carbocycles. The Kier molecular flexibility index (Phi) is 3.17. The fourth-order valence-electron chi connectivity index (χ4n) is 1.86. The lowest BCUT2D eigenvalue weighted by molar-refractivity contribution is -0.0176. The van der Waals surface area contributed by atoms with Crippen LogP contribution in [0.5, 0.6) is 0 Å². The third-order valence-corrected chi connectivity index (χ3v) is 3.24. The first kappa shape index (κ1) is 12.1. The highest BCUT2D eigenvalue weighted by atomic mass is 16.5. The van der Waals surface area contributed by atoms with Crippen molar-refractivity contribution in [1.82, 2.24) is 9.55 Å². The molecule has 1 aromatic heterocycles. The van der Waals surface area contributed by atoms with Crippen LogP contribution < -0.4 is 10.9 Å². The molecule has 6 nitrogen and oxygen atoms in total. The van der Waals surface area contributed by atoms with Gasteiger partial charge in [-0.3, -0.25) is 4.79 Å². The fraction of sp³-hybridized carbons (Fsp3) is 0.636. The Morgan fingerprint density at radius 3 is 3.18 bits per heavy atom. The van der Waals surface area contributed by atoms with Gasteiger partial charge in [0.15, 0.2) is 5.82 Å². The second-order valence-corrected chi connectivity index (χ2v) is 4.41. The molecule has 1 fully saturated rings. The van der Waals surface area contributed by atoms with E-state index in [4.69, 9.17) is 4.74 Å². The average molecular weight is 239 g/mol. The van der Waals surface area contributed by atoms with Crippen LogP contribution in [-0.4, -0.2) is 39.5 Å². The number of hydrogen-bond donors (Lipinski definition) is 2. The standard InChI is InChI=1S/C11H17N3O3/c1-8-11(16,3-6-17-8)7-13-9-10(15)14(2)5-4-12-9/h4-5,8,16H,3,6-7H2,1-2H3,(H,12,13). The van der Waals surface area contributed by atoms with Crippen molar-refractivity contribution in [2.24, 2.45) is 7.05 Å². The van der Waals surface area contributed by atoms with Crippen molar-refractivity contribution in [1.29, 1.82) is 0 Å². The predicted molar refractivity (Wildman–Crippen MR) is 62.9 cm³/mol. The van der Waals surface area contributed by atoms with E-state index in [0.29, 0.717) is 13.0 Å². The number of aromatic nitrogens is 2. The monoisotopic (exact) mass is 239 g/mol. The Morgan fingerprint density at radius 1 is 1.76 bits per heavy atom. The number of rotatable bonds is 3. The van der Waals surface area contributed by atoms with Crippen LogP contribution >= 0.6 is 0 Å². The highest BCUT2D eigenvalue weighted by Gasteiger charge is 2.39. The summed E-state index contributed by atoms with van der Waals surface area (Å²) in [5, 5.41) is 13.1. The third-order valence-electron chi connectivity index (χ3n) is 3.24. The number of aliphatic hydroxyl groups is 1. The summed E-state index contributed by atoms with van der Waals surface area (Å²) < 4.78 is 6.76. The molecule has 2 unspecified atom stereocenters. The van der Waals surface area contributed by atoms with Gasteiger partial charge in [0.25, 0.3) is 5.56 Å². The van der Waals surface area contributed by atoms with E-state index < -0.39 is 5.60 Å². The first-order chi connectivity index (χ1) is 8.03. The molecule has 0 bridgehead atoms. The van der Waals surface area contributed by atoms with Crippen molar-refractivity contribution in [3.8, 4) is 0 Å². The second kappa shape index (κ2) is 4.46. The zero-order valence-corrected chi connectivity index (χ0v) is 10.0. The van der Waals surface area contributed by atoms with Gasteiger partial charge >= 0.3 is 0 Å². The van der Waals surface area contributed by atoms with Crippen LogP contribution in [0.3, 0.4) is 0 Å². The van der Waals surface area contributed by atoms with E-state index in [9.17, 15) is 9.90 Å². The van der Waals surface area contributed by atoms with Crippen LogP contribution in [0.2, 0.25) is 0 Å². The molecule has 2 N–H and O–H groups in total. The van der Waals surface area contributed by atoms with E-state index >= 15 is 0 Å². The van der Waals surface area contributed by atoms with Gasteiger partial charge in [0.2, 0.25) is 0 Å². The van der Waals surface area contributed by atoms with Gasteiger partial charge in [-0.15, -0.1) is 0 Å². The molecule has 0 spiro atoms. The summed E-state index contributed by atoms with van der Waals surface area (Å²) in [7, 11) is 1.66. The zero-order valence-electron chi connectivity index (χ0n) is 10.0. The molecular formula is C11H17N3O3. The molecule has 1 aliphatic heterocycles. The first-order valence-electron chi connectivity index (χ1n) is 5.62. The second-order valence-electron chi connectivity index (χ2n) is 4.41. The Labute approximate surface area is 99.2 Å². The highest BCUT2D eigenvalue weighted by Crippen LogP contribution is 2.25. The number of hydrogen-bond acceptors (Lipinski definition) is 5. The van der Waals surface area contributed by atoms with Gasteiger partial charge in [-0.2, -0.15) is 0 Å². The lowest BCUT2D eigenvalue weighted by Crippen LogP contribution is -2.44. The molecule has 17 heavy (non-hydrogen) atoms. The molecule has 2 rings (SSSR count). The van der Waals surface area contributed by atoms with Gasteiger partial charge in [0.1, 0.15) is 5.60 Å². The summed E-state index contributed by atoms with van der Waals surface area (Å²) >= 11 is 0. The number of nitrogens with one attached hydrogen (secondary N) is 1. The lowest BCUT2D eigenvalue weighted by Gasteiger charge is -2.26. The van der Waals surface area contributed by atoms with Crippen LogP contribution in [-0.2, 0) is 11.8 Å². The molecule has 2 atom stereocenters. The van der Waals surface area contributed by atoms with E-state index in [1.807, 2.05) is 6.92 Å². The molecule has 6 heteroatoms. The maximum Gasteiger partial charge on any atom is 0.293 e. The minimum atomic E-state index is -0.928. The topological polar surface area (TPSA) is 76.4 Å². The van der Waals surface area contributed by atoms with E-state index in [0.717, 1.165) is 0 Å². The van der Waals surface area contributed by atoms with Crippen LogP contribution in [0.1, 0.15) is 13.3 Å². The maximum absolute atomic E-state index is 11.7. The van der Waals surface area contributed by atoms with Crippen molar-refractivity contribution in [2.75, 3.05) is 18.5 Å². The summed E-state index contributed by atoms with van der Waals surface area (Å²) in [5.74, 6) is 0.252. The van der Waals surface area contributed by atoms with Crippen LogP contribution in [0.4, 0.5) is 5.82 Å². The quantitative estimate of drug-likeness (QED) is 0.759. The number of ether oxygens (including phenoxy) is 1. The lowest BCUT2D eigenvalue weighted by atomic mass is 9.97. The molecule has 2 heterocycles. The van der Waals surface area contributed by atoms with Gasteiger partial charge in [-0.25, -0.2) is 4.98 Å². The zero-order chi connectivity index (χ0) is 12.5. The SMILES string of the molecule is CC1OCCC1(O)CNc1nccn(C)c1=O. The number of aryl methyl sites for hydroxylation is 1. The van der Waals surface area contributed by atoms with Gasteiger partial charge < -0.3 is 19.7 Å². The summed E-state index contributed by atoms with van der Waals surface area (Å²) in [6, 6.07) is 0. The highest BCUT2D eigenvalue weighted by molar-refractivity contribution is 5.31. The fourth-order valence-corrected chi connectivity index (χ4v) is 1.86. The first-order valence-corrected chi connectivity index (χ1v) is 5.62. The van der Waals surface area contributed by atoms with Crippen molar-refractivity contribution >= 4 is 5.82 Å². The van der Waals surface area contributed by atoms with Crippen LogP contribution in [0, 0.1) is 0 Å². The Hall–Kier alpha value is -1.40. The van der Waals surface area contributed by atoms with E-state index in [1.54, 1.807) is 19.4 Å². The molecule has 0 aliphatic carbocycles. The van der Waals surface area contributed by atoms with Crippen molar-refractivity contribution in [2.45, 2.75) is 25.0 Å². The minimum Gasteiger partial charge on any atom is -0.385 e. The third kappa shape index (κ3) is 2.32. The maximum atomic E-state index is 11.7. The summed E-state index contributed by atoms with van der Waals surface area (Å²) in [6.45, 7) is 2.63. The van der Waals surface area contributed by atoms with Gasteiger partial charge in [-0.1, -0.05) is 0 Å². The predicted octanol–water partition coefficient (Wildman–Crippen LogP) is -0.268. The summed E-state index contributed by atoms with van der Waals surface area (Å²) in [6.07, 6.45) is 3.46. The van der Waals surface area contributed by atoms with Crippen molar-refractivity contribution in [3.05, 3.63) is 22.7 Å².